The fourth-order valence-corrected chi connectivity index (χ4v) is 1.97. The predicted molar refractivity (Wildman–Crippen MR) is 77.3 cm³/mol. The van der Waals surface area contributed by atoms with E-state index in [1.165, 1.54) is 6.39 Å². The molecular weight excluding hydrogens is 266 g/mol. The zero-order valence-electron chi connectivity index (χ0n) is 11.2. The minimum absolute atomic E-state index is 0.218. The van der Waals surface area contributed by atoms with E-state index in [1.54, 1.807) is 12.4 Å². The molecule has 2 heterocycles. The molecule has 0 aliphatic heterocycles. The van der Waals surface area contributed by atoms with E-state index in [2.05, 4.69) is 15.3 Å². The summed E-state index contributed by atoms with van der Waals surface area (Å²) in [6, 6.07) is 13.2. The molecule has 21 heavy (non-hydrogen) atoms. The first kappa shape index (κ1) is 13.1. The van der Waals surface area contributed by atoms with Gasteiger partial charge in [0.25, 0.3) is 5.91 Å². The Morgan fingerprint density at radius 3 is 2.62 bits per heavy atom. The summed E-state index contributed by atoms with van der Waals surface area (Å²) in [6.45, 7) is 0.413. The molecule has 5 nitrogen and oxygen atoms in total. The lowest BCUT2D eigenvalue weighted by Crippen LogP contribution is -2.22. The Hall–Kier alpha value is -2.95. The molecule has 2 aromatic heterocycles. The molecule has 5 heteroatoms. The highest BCUT2D eigenvalue weighted by Gasteiger charge is 2.17. The summed E-state index contributed by atoms with van der Waals surface area (Å²) in [5, 5.41) is 2.81. The molecule has 0 unspecified atom stereocenters. The van der Waals surface area contributed by atoms with Gasteiger partial charge in [0.2, 0.25) is 5.76 Å². The van der Waals surface area contributed by atoms with Gasteiger partial charge in [-0.15, -0.1) is 0 Å². The maximum Gasteiger partial charge on any atom is 0.289 e. The van der Waals surface area contributed by atoms with Crippen LogP contribution in [-0.4, -0.2) is 15.9 Å². The van der Waals surface area contributed by atoms with Crippen molar-refractivity contribution < 1.29 is 9.21 Å². The van der Waals surface area contributed by atoms with Crippen molar-refractivity contribution in [1.29, 1.82) is 0 Å². The van der Waals surface area contributed by atoms with E-state index in [4.69, 9.17) is 4.42 Å². The molecule has 0 spiro atoms. The summed E-state index contributed by atoms with van der Waals surface area (Å²) in [5.74, 6) is -0.0709. The zero-order valence-corrected chi connectivity index (χ0v) is 11.2. The third-order valence-electron chi connectivity index (χ3n) is 3.02. The fourth-order valence-electron chi connectivity index (χ4n) is 1.97. The number of oxazole rings is 1. The Labute approximate surface area is 121 Å². The minimum Gasteiger partial charge on any atom is -0.438 e. The van der Waals surface area contributed by atoms with Crippen LogP contribution < -0.4 is 5.32 Å². The normalized spacial score (nSPS) is 10.3. The highest BCUT2D eigenvalue weighted by atomic mass is 16.3. The number of amides is 1. The van der Waals surface area contributed by atoms with Crippen molar-refractivity contribution in [2.24, 2.45) is 0 Å². The number of nitrogens with zero attached hydrogens (tertiary/aromatic N) is 2. The topological polar surface area (TPSA) is 68.0 Å². The molecule has 0 aliphatic rings. The lowest BCUT2D eigenvalue weighted by atomic mass is 10.1. The highest BCUT2D eigenvalue weighted by Crippen LogP contribution is 2.21. The second-order valence-electron chi connectivity index (χ2n) is 4.43. The highest BCUT2D eigenvalue weighted by molar-refractivity contribution is 5.97. The van der Waals surface area contributed by atoms with Crippen LogP contribution in [0.2, 0.25) is 0 Å². The number of hydrogen-bond acceptors (Lipinski definition) is 4. The number of benzene rings is 1. The average molecular weight is 279 g/mol. The van der Waals surface area contributed by atoms with Crippen LogP contribution in [0.5, 0.6) is 0 Å². The van der Waals surface area contributed by atoms with Crippen molar-refractivity contribution >= 4 is 5.91 Å². The maximum absolute atomic E-state index is 12.2. The quantitative estimate of drug-likeness (QED) is 0.797. The van der Waals surface area contributed by atoms with E-state index in [0.717, 1.165) is 11.1 Å². The molecule has 1 aromatic carbocycles. The van der Waals surface area contributed by atoms with E-state index in [9.17, 15) is 4.79 Å². The number of hydrogen-bond donors (Lipinski definition) is 1. The van der Waals surface area contributed by atoms with Crippen molar-refractivity contribution in [2.75, 3.05) is 0 Å². The number of carbonyl (C=O) groups excluding carboxylic acids is 1. The molecule has 0 radical (unpaired) electrons. The SMILES string of the molecule is O=C(NCc1ccncc1)c1ocnc1-c1ccccc1. The molecule has 0 atom stereocenters. The summed E-state index contributed by atoms with van der Waals surface area (Å²) in [6.07, 6.45) is 4.65. The van der Waals surface area contributed by atoms with Crippen LogP contribution in [0.15, 0.2) is 65.7 Å². The Kier molecular flexibility index (Phi) is 3.73. The van der Waals surface area contributed by atoms with Crippen molar-refractivity contribution in [3.8, 4) is 11.3 Å². The lowest BCUT2D eigenvalue weighted by molar-refractivity contribution is 0.0924. The van der Waals surface area contributed by atoms with E-state index < -0.39 is 0 Å². The van der Waals surface area contributed by atoms with Crippen LogP contribution in [-0.2, 0) is 6.54 Å². The zero-order chi connectivity index (χ0) is 14.5. The Morgan fingerprint density at radius 2 is 1.86 bits per heavy atom. The number of rotatable bonds is 4. The molecule has 3 aromatic rings. The fraction of sp³-hybridized carbons (Fsp3) is 0.0625. The molecular formula is C16H13N3O2. The smallest absolute Gasteiger partial charge is 0.289 e. The van der Waals surface area contributed by atoms with Crippen molar-refractivity contribution in [3.63, 3.8) is 0 Å². The van der Waals surface area contributed by atoms with Gasteiger partial charge >= 0.3 is 0 Å². The van der Waals surface area contributed by atoms with Gasteiger partial charge in [0, 0.05) is 24.5 Å². The second-order valence-corrected chi connectivity index (χ2v) is 4.43. The van der Waals surface area contributed by atoms with Crippen LogP contribution in [0.4, 0.5) is 0 Å². The first-order chi connectivity index (χ1) is 10.3. The van der Waals surface area contributed by atoms with Gasteiger partial charge in [-0.05, 0) is 17.7 Å². The molecule has 1 N–H and O–H groups in total. The first-order valence-electron chi connectivity index (χ1n) is 6.50. The van der Waals surface area contributed by atoms with Crippen LogP contribution in [0.3, 0.4) is 0 Å². The standard InChI is InChI=1S/C16H13N3O2/c20-16(18-10-12-6-8-17-9-7-12)15-14(19-11-21-15)13-4-2-1-3-5-13/h1-9,11H,10H2,(H,18,20). The molecule has 3 rings (SSSR count). The Morgan fingerprint density at radius 1 is 1.10 bits per heavy atom. The third-order valence-corrected chi connectivity index (χ3v) is 3.02. The predicted octanol–water partition coefficient (Wildman–Crippen LogP) is 2.67. The van der Waals surface area contributed by atoms with Crippen LogP contribution in [0, 0.1) is 0 Å². The molecule has 0 saturated heterocycles. The maximum atomic E-state index is 12.2. The summed E-state index contributed by atoms with van der Waals surface area (Å²) in [4.78, 5) is 20.3. The summed E-state index contributed by atoms with van der Waals surface area (Å²) in [5.41, 5.74) is 2.36. The van der Waals surface area contributed by atoms with Crippen LogP contribution >= 0.6 is 0 Å². The number of carbonyl (C=O) groups is 1. The molecule has 0 bridgehead atoms. The van der Waals surface area contributed by atoms with Crippen molar-refractivity contribution in [3.05, 3.63) is 72.6 Å². The Bertz CT molecular complexity index is 724. The van der Waals surface area contributed by atoms with E-state index in [-0.39, 0.29) is 11.7 Å². The lowest BCUT2D eigenvalue weighted by Gasteiger charge is -2.04. The van der Waals surface area contributed by atoms with E-state index in [1.807, 2.05) is 42.5 Å². The monoisotopic (exact) mass is 279 g/mol. The largest absolute Gasteiger partial charge is 0.438 e. The van der Waals surface area contributed by atoms with Gasteiger partial charge in [0.05, 0.1) is 0 Å². The summed E-state index contributed by atoms with van der Waals surface area (Å²) < 4.78 is 5.23. The molecule has 1 amide bonds. The molecule has 0 aliphatic carbocycles. The van der Waals surface area contributed by atoms with Crippen molar-refractivity contribution in [1.82, 2.24) is 15.3 Å². The number of pyridine rings is 1. The first-order valence-corrected chi connectivity index (χ1v) is 6.50. The van der Waals surface area contributed by atoms with Gasteiger partial charge in [0.1, 0.15) is 5.69 Å². The summed E-state index contributed by atoms with van der Waals surface area (Å²) >= 11 is 0. The van der Waals surface area contributed by atoms with Gasteiger partial charge in [-0.1, -0.05) is 30.3 Å². The molecule has 104 valence electrons. The van der Waals surface area contributed by atoms with Gasteiger partial charge in [0.15, 0.2) is 6.39 Å². The van der Waals surface area contributed by atoms with E-state index in [0.29, 0.717) is 12.2 Å². The minimum atomic E-state index is -0.289. The molecule has 0 fully saturated rings. The second kappa shape index (κ2) is 6.00. The van der Waals surface area contributed by atoms with Crippen LogP contribution in [0.1, 0.15) is 16.1 Å². The summed E-state index contributed by atoms with van der Waals surface area (Å²) in [7, 11) is 0. The average Bonchev–Trinajstić information content (AvgIpc) is 3.04. The van der Waals surface area contributed by atoms with E-state index >= 15 is 0 Å². The van der Waals surface area contributed by atoms with Gasteiger partial charge in [-0.3, -0.25) is 9.78 Å². The van der Waals surface area contributed by atoms with Crippen molar-refractivity contribution in [2.45, 2.75) is 6.54 Å². The van der Waals surface area contributed by atoms with Crippen LogP contribution in [0.25, 0.3) is 11.3 Å². The number of nitrogens with one attached hydrogen (secondary N) is 1. The van der Waals surface area contributed by atoms with Gasteiger partial charge in [-0.25, -0.2) is 4.98 Å². The van der Waals surface area contributed by atoms with Gasteiger partial charge in [-0.2, -0.15) is 0 Å². The third kappa shape index (κ3) is 2.97. The Balaban J connectivity index is 1.76. The number of aromatic nitrogens is 2. The van der Waals surface area contributed by atoms with Gasteiger partial charge < -0.3 is 9.73 Å². The molecule has 0 saturated carbocycles.